The predicted molar refractivity (Wildman–Crippen MR) is 92.5 cm³/mol. The quantitative estimate of drug-likeness (QED) is 0.787. The second-order valence-corrected chi connectivity index (χ2v) is 7.39. The van der Waals surface area contributed by atoms with E-state index in [4.69, 9.17) is 21.1 Å². The molecule has 128 valence electrons. The van der Waals surface area contributed by atoms with E-state index >= 15 is 0 Å². The van der Waals surface area contributed by atoms with Crippen molar-refractivity contribution in [2.24, 2.45) is 5.92 Å². The van der Waals surface area contributed by atoms with Crippen molar-refractivity contribution in [3.05, 3.63) is 40.9 Å². The van der Waals surface area contributed by atoms with Gasteiger partial charge in [0.2, 0.25) is 5.91 Å². The van der Waals surface area contributed by atoms with Crippen LogP contribution in [0.15, 0.2) is 30.4 Å². The lowest BCUT2D eigenvalue weighted by atomic mass is 9.96. The fourth-order valence-corrected chi connectivity index (χ4v) is 4.35. The van der Waals surface area contributed by atoms with Crippen molar-refractivity contribution in [2.75, 3.05) is 26.8 Å². The lowest BCUT2D eigenvalue weighted by Crippen LogP contribution is -2.40. The van der Waals surface area contributed by atoms with Crippen LogP contribution in [0.1, 0.15) is 30.7 Å². The molecule has 4 rings (SSSR count). The van der Waals surface area contributed by atoms with Crippen LogP contribution in [-0.4, -0.2) is 43.2 Å². The molecule has 0 aromatic heterocycles. The van der Waals surface area contributed by atoms with E-state index in [0.29, 0.717) is 18.2 Å². The molecule has 1 aromatic carbocycles. The highest BCUT2D eigenvalue weighted by molar-refractivity contribution is 6.31. The molecule has 5 heteroatoms. The first kappa shape index (κ1) is 16.0. The van der Waals surface area contributed by atoms with Crippen LogP contribution >= 0.6 is 11.6 Å². The molecule has 1 aromatic rings. The number of benzene rings is 1. The normalized spacial score (nSPS) is 31.5. The standard InChI is InChI=1S/C19H22ClNO3/c1-23-16-6-4-5-15(20)17(16)13-11-14(13)18(22)21-9-8-19(12-21)7-2-3-10-24-19/h2-6,13-14H,7-12H2,1H3/t13-,14-,19?/m1/s1. The third kappa shape index (κ3) is 2.72. The Hall–Kier alpha value is -1.52. The Morgan fingerprint density at radius 1 is 1.42 bits per heavy atom. The second-order valence-electron chi connectivity index (χ2n) is 6.98. The maximum atomic E-state index is 12.9. The van der Waals surface area contributed by atoms with Gasteiger partial charge in [-0.15, -0.1) is 0 Å². The molecule has 24 heavy (non-hydrogen) atoms. The van der Waals surface area contributed by atoms with Gasteiger partial charge in [0, 0.05) is 29.0 Å². The topological polar surface area (TPSA) is 38.8 Å². The van der Waals surface area contributed by atoms with Crippen LogP contribution in [0.3, 0.4) is 0 Å². The summed E-state index contributed by atoms with van der Waals surface area (Å²) < 4.78 is 11.4. The molecule has 1 saturated heterocycles. The van der Waals surface area contributed by atoms with Crippen LogP contribution in [0.5, 0.6) is 5.75 Å². The van der Waals surface area contributed by atoms with Crippen LogP contribution in [0, 0.1) is 5.92 Å². The van der Waals surface area contributed by atoms with Crippen LogP contribution in [0.2, 0.25) is 5.02 Å². The van der Waals surface area contributed by atoms with E-state index in [1.54, 1.807) is 7.11 Å². The summed E-state index contributed by atoms with van der Waals surface area (Å²) in [7, 11) is 1.65. The van der Waals surface area contributed by atoms with E-state index in [2.05, 4.69) is 12.2 Å². The van der Waals surface area contributed by atoms with Crippen LogP contribution in [0.4, 0.5) is 0 Å². The smallest absolute Gasteiger partial charge is 0.226 e. The summed E-state index contributed by atoms with van der Waals surface area (Å²) in [4.78, 5) is 14.9. The Balaban J connectivity index is 1.46. The molecule has 1 aliphatic carbocycles. The molecule has 4 nitrogen and oxygen atoms in total. The molecule has 2 fully saturated rings. The van der Waals surface area contributed by atoms with E-state index < -0.39 is 0 Å². The van der Waals surface area contributed by atoms with Gasteiger partial charge in [-0.2, -0.15) is 0 Å². The highest BCUT2D eigenvalue weighted by Crippen LogP contribution is 2.54. The largest absolute Gasteiger partial charge is 0.496 e. The molecule has 3 aliphatic rings. The zero-order chi connectivity index (χ0) is 16.7. The zero-order valence-corrected chi connectivity index (χ0v) is 14.6. The van der Waals surface area contributed by atoms with Gasteiger partial charge in [-0.25, -0.2) is 0 Å². The van der Waals surface area contributed by atoms with Gasteiger partial charge in [0.1, 0.15) is 5.75 Å². The summed E-state index contributed by atoms with van der Waals surface area (Å²) in [5, 5.41) is 0.688. The molecular weight excluding hydrogens is 326 g/mol. The van der Waals surface area contributed by atoms with Gasteiger partial charge in [-0.3, -0.25) is 4.79 Å². The molecule has 3 atom stereocenters. The number of nitrogens with zero attached hydrogens (tertiary/aromatic N) is 1. The van der Waals surface area contributed by atoms with Crippen molar-refractivity contribution >= 4 is 17.5 Å². The summed E-state index contributed by atoms with van der Waals surface area (Å²) in [5.41, 5.74) is 0.822. The monoisotopic (exact) mass is 347 g/mol. The number of halogens is 1. The number of amides is 1. The first-order valence-corrected chi connectivity index (χ1v) is 8.91. The first-order chi connectivity index (χ1) is 11.6. The maximum Gasteiger partial charge on any atom is 0.226 e. The van der Waals surface area contributed by atoms with Gasteiger partial charge in [0.05, 0.1) is 25.9 Å². The Morgan fingerprint density at radius 2 is 2.29 bits per heavy atom. The number of carbonyl (C=O) groups is 1. The van der Waals surface area contributed by atoms with Gasteiger partial charge < -0.3 is 14.4 Å². The fraction of sp³-hybridized carbons (Fsp3) is 0.526. The highest BCUT2D eigenvalue weighted by atomic mass is 35.5. The molecule has 0 radical (unpaired) electrons. The van der Waals surface area contributed by atoms with Gasteiger partial charge in [0.15, 0.2) is 0 Å². The summed E-state index contributed by atoms with van der Waals surface area (Å²) in [5.74, 6) is 1.20. The maximum absolute atomic E-state index is 12.9. The number of rotatable bonds is 3. The molecule has 2 aliphatic heterocycles. The molecule has 0 bridgehead atoms. The van der Waals surface area contributed by atoms with Gasteiger partial charge in [-0.1, -0.05) is 29.8 Å². The van der Waals surface area contributed by atoms with E-state index in [-0.39, 0.29) is 23.3 Å². The predicted octanol–water partition coefficient (Wildman–Crippen LogP) is 3.40. The van der Waals surface area contributed by atoms with Crippen molar-refractivity contribution in [3.8, 4) is 5.75 Å². The molecule has 1 saturated carbocycles. The second kappa shape index (κ2) is 6.08. The van der Waals surface area contributed by atoms with Crippen LogP contribution in [-0.2, 0) is 9.53 Å². The Kier molecular flexibility index (Phi) is 4.05. The third-order valence-corrected chi connectivity index (χ3v) is 5.81. The number of carbonyl (C=O) groups excluding carboxylic acids is 1. The van der Waals surface area contributed by atoms with Crippen LogP contribution in [0.25, 0.3) is 0 Å². The van der Waals surface area contributed by atoms with E-state index in [0.717, 1.165) is 37.1 Å². The summed E-state index contributed by atoms with van der Waals surface area (Å²) in [6.07, 6.45) is 6.91. The summed E-state index contributed by atoms with van der Waals surface area (Å²) in [6, 6.07) is 5.66. The van der Waals surface area contributed by atoms with Gasteiger partial charge in [-0.05, 0) is 31.4 Å². The summed E-state index contributed by atoms with van der Waals surface area (Å²) >= 11 is 6.36. The highest BCUT2D eigenvalue weighted by Gasteiger charge is 2.50. The zero-order valence-electron chi connectivity index (χ0n) is 13.8. The summed E-state index contributed by atoms with van der Waals surface area (Å²) in [6.45, 7) is 2.15. The number of hydrogen-bond acceptors (Lipinski definition) is 3. The number of likely N-dealkylation sites (tertiary alicyclic amines) is 1. The van der Waals surface area contributed by atoms with Gasteiger partial charge >= 0.3 is 0 Å². The van der Waals surface area contributed by atoms with Crippen molar-refractivity contribution in [3.63, 3.8) is 0 Å². The first-order valence-electron chi connectivity index (χ1n) is 8.54. The van der Waals surface area contributed by atoms with Crippen LogP contribution < -0.4 is 4.74 Å². The third-order valence-electron chi connectivity index (χ3n) is 5.48. The fourth-order valence-electron chi connectivity index (χ4n) is 4.04. The van der Waals surface area contributed by atoms with E-state index in [1.165, 1.54) is 0 Å². The van der Waals surface area contributed by atoms with Crippen molar-refractivity contribution in [1.29, 1.82) is 0 Å². The minimum absolute atomic E-state index is 0.0214. The lowest BCUT2D eigenvalue weighted by molar-refractivity contribution is -0.133. The number of ether oxygens (including phenoxy) is 2. The average molecular weight is 348 g/mol. The average Bonchev–Trinajstić information content (AvgIpc) is 3.29. The minimum atomic E-state index is -0.156. The SMILES string of the molecule is COc1cccc(Cl)c1[C@@H]1C[C@H]1C(=O)N1CCC2(CC=CCO2)C1. The van der Waals surface area contributed by atoms with E-state index in [1.807, 2.05) is 23.1 Å². The molecule has 1 amide bonds. The molecule has 1 unspecified atom stereocenters. The van der Waals surface area contributed by atoms with Crippen molar-refractivity contribution < 1.29 is 14.3 Å². The molecule has 1 spiro atoms. The van der Waals surface area contributed by atoms with E-state index in [9.17, 15) is 4.79 Å². The Bertz CT molecular complexity index is 689. The lowest BCUT2D eigenvalue weighted by Gasteiger charge is -2.30. The van der Waals surface area contributed by atoms with Gasteiger partial charge in [0.25, 0.3) is 0 Å². The molecule has 2 heterocycles. The molecular formula is C19H22ClNO3. The number of hydrogen-bond donors (Lipinski definition) is 0. The number of methoxy groups -OCH3 is 1. The van der Waals surface area contributed by atoms with Crippen molar-refractivity contribution in [2.45, 2.75) is 30.8 Å². The Morgan fingerprint density at radius 3 is 3.04 bits per heavy atom. The Labute approximate surface area is 147 Å². The molecule has 0 N–H and O–H groups in total. The minimum Gasteiger partial charge on any atom is -0.496 e. The van der Waals surface area contributed by atoms with Crippen molar-refractivity contribution in [1.82, 2.24) is 4.90 Å².